The largest absolute Gasteiger partial charge is 0.341 e. The van der Waals surface area contributed by atoms with Crippen LogP contribution in [0.25, 0.3) is 0 Å². The molecule has 3 rings (SSSR count). The number of nitrogens with zero attached hydrogens (tertiary/aromatic N) is 3. The van der Waals surface area contributed by atoms with Gasteiger partial charge in [-0.15, -0.1) is 0 Å². The van der Waals surface area contributed by atoms with E-state index in [1.54, 1.807) is 36.1 Å². The van der Waals surface area contributed by atoms with E-state index in [9.17, 15) is 13.2 Å². The van der Waals surface area contributed by atoms with Crippen molar-refractivity contribution in [2.75, 3.05) is 13.1 Å². The SMILES string of the molecule is Cc1ccc(S(=O)(=O)NC(CC(C)C)C(=O)N2CCC(c3nc(C)no3)CC2)cc1. The molecule has 1 aromatic carbocycles. The lowest BCUT2D eigenvalue weighted by molar-refractivity contribution is -0.134. The third-order valence-electron chi connectivity index (χ3n) is 5.33. The number of piperidine rings is 1. The summed E-state index contributed by atoms with van der Waals surface area (Å²) in [6.07, 6.45) is 1.87. The van der Waals surface area contributed by atoms with Crippen LogP contribution in [0.4, 0.5) is 0 Å². The molecule has 0 radical (unpaired) electrons. The standard InChI is InChI=1S/C21H30N4O4S/c1-14(2)13-19(24-30(27,28)18-7-5-15(3)6-8-18)21(26)25-11-9-17(10-12-25)20-22-16(4)23-29-20/h5-8,14,17,19,24H,9-13H2,1-4H3. The van der Waals surface area contributed by atoms with Gasteiger partial charge in [0.05, 0.1) is 4.90 Å². The number of sulfonamides is 1. The molecule has 1 aliphatic heterocycles. The van der Waals surface area contributed by atoms with Crippen molar-refractivity contribution in [2.24, 2.45) is 5.92 Å². The van der Waals surface area contributed by atoms with E-state index >= 15 is 0 Å². The molecule has 0 spiro atoms. The summed E-state index contributed by atoms with van der Waals surface area (Å²) in [5, 5.41) is 3.84. The molecule has 8 nitrogen and oxygen atoms in total. The molecule has 1 amide bonds. The molecule has 164 valence electrons. The quantitative estimate of drug-likeness (QED) is 0.718. The summed E-state index contributed by atoms with van der Waals surface area (Å²) >= 11 is 0. The lowest BCUT2D eigenvalue weighted by Crippen LogP contribution is -2.51. The average Bonchev–Trinajstić information content (AvgIpc) is 3.13. The molecule has 1 aliphatic rings. The second-order valence-corrected chi connectivity index (χ2v) is 10.1. The highest BCUT2D eigenvalue weighted by Gasteiger charge is 2.33. The van der Waals surface area contributed by atoms with Gasteiger partial charge < -0.3 is 9.42 Å². The Labute approximate surface area is 178 Å². The molecule has 1 unspecified atom stereocenters. The van der Waals surface area contributed by atoms with Crippen molar-refractivity contribution in [2.45, 2.75) is 63.8 Å². The average molecular weight is 435 g/mol. The number of rotatable bonds is 7. The molecule has 1 N–H and O–H groups in total. The van der Waals surface area contributed by atoms with Gasteiger partial charge in [0.2, 0.25) is 21.8 Å². The van der Waals surface area contributed by atoms with Crippen molar-refractivity contribution in [3.8, 4) is 0 Å². The molecule has 1 atom stereocenters. The summed E-state index contributed by atoms with van der Waals surface area (Å²) in [5.74, 6) is 1.32. The summed E-state index contributed by atoms with van der Waals surface area (Å²) < 4.78 is 33.6. The third-order valence-corrected chi connectivity index (χ3v) is 6.82. The Kier molecular flexibility index (Phi) is 6.92. The lowest BCUT2D eigenvalue weighted by Gasteiger charge is -2.33. The van der Waals surface area contributed by atoms with Gasteiger partial charge in [-0.2, -0.15) is 9.71 Å². The molecule has 9 heteroatoms. The van der Waals surface area contributed by atoms with Crippen LogP contribution in [0, 0.1) is 19.8 Å². The Balaban J connectivity index is 1.69. The first-order valence-corrected chi connectivity index (χ1v) is 11.8. The van der Waals surface area contributed by atoms with E-state index in [0.29, 0.717) is 44.1 Å². The highest BCUT2D eigenvalue weighted by Crippen LogP contribution is 2.27. The van der Waals surface area contributed by atoms with Gasteiger partial charge in [-0.3, -0.25) is 4.79 Å². The Morgan fingerprint density at radius 1 is 1.20 bits per heavy atom. The van der Waals surface area contributed by atoms with Crippen molar-refractivity contribution in [1.29, 1.82) is 0 Å². The van der Waals surface area contributed by atoms with Gasteiger partial charge >= 0.3 is 0 Å². The maximum atomic E-state index is 13.2. The number of hydrogen-bond acceptors (Lipinski definition) is 6. The molecule has 0 saturated carbocycles. The Hall–Kier alpha value is -2.26. The number of amides is 1. The molecule has 0 bridgehead atoms. The van der Waals surface area contributed by atoms with Crippen molar-refractivity contribution in [3.63, 3.8) is 0 Å². The molecule has 2 aromatic rings. The molecular weight excluding hydrogens is 404 g/mol. The van der Waals surface area contributed by atoms with Crippen LogP contribution in [0.15, 0.2) is 33.7 Å². The number of carbonyl (C=O) groups excluding carboxylic acids is 1. The van der Waals surface area contributed by atoms with Crippen LogP contribution in [0.3, 0.4) is 0 Å². The van der Waals surface area contributed by atoms with E-state index in [4.69, 9.17) is 4.52 Å². The molecule has 1 aromatic heterocycles. The third kappa shape index (κ3) is 5.46. The van der Waals surface area contributed by atoms with Gasteiger partial charge in [0.15, 0.2) is 5.82 Å². The number of carbonyl (C=O) groups is 1. The van der Waals surface area contributed by atoms with Gasteiger partial charge in [-0.05, 0) is 51.2 Å². The summed E-state index contributed by atoms with van der Waals surface area (Å²) in [4.78, 5) is 19.4. The van der Waals surface area contributed by atoms with Crippen molar-refractivity contribution in [1.82, 2.24) is 19.8 Å². The second kappa shape index (κ2) is 9.26. The minimum atomic E-state index is -3.79. The molecule has 30 heavy (non-hydrogen) atoms. The number of likely N-dealkylation sites (tertiary alicyclic amines) is 1. The van der Waals surface area contributed by atoms with E-state index < -0.39 is 16.1 Å². The predicted molar refractivity (Wildman–Crippen MR) is 112 cm³/mol. The highest BCUT2D eigenvalue weighted by atomic mass is 32.2. The zero-order valence-electron chi connectivity index (χ0n) is 18.0. The van der Waals surface area contributed by atoms with Gasteiger partial charge in [0.25, 0.3) is 0 Å². The Morgan fingerprint density at radius 3 is 2.37 bits per heavy atom. The minimum absolute atomic E-state index is 0.128. The van der Waals surface area contributed by atoms with Gasteiger partial charge in [-0.1, -0.05) is 36.7 Å². The van der Waals surface area contributed by atoms with Gasteiger partial charge in [-0.25, -0.2) is 8.42 Å². The summed E-state index contributed by atoms with van der Waals surface area (Å²) in [6, 6.07) is 5.83. The van der Waals surface area contributed by atoms with E-state index in [1.165, 1.54) is 0 Å². The molecule has 2 heterocycles. The van der Waals surface area contributed by atoms with Gasteiger partial charge in [0, 0.05) is 19.0 Å². The van der Waals surface area contributed by atoms with E-state index in [0.717, 1.165) is 5.56 Å². The fourth-order valence-electron chi connectivity index (χ4n) is 3.69. The highest BCUT2D eigenvalue weighted by molar-refractivity contribution is 7.89. The van der Waals surface area contributed by atoms with Crippen molar-refractivity contribution >= 4 is 15.9 Å². The van der Waals surface area contributed by atoms with E-state index in [-0.39, 0.29) is 22.6 Å². The van der Waals surface area contributed by atoms with E-state index in [1.807, 2.05) is 20.8 Å². The maximum Gasteiger partial charge on any atom is 0.241 e. The van der Waals surface area contributed by atoms with Gasteiger partial charge in [0.1, 0.15) is 6.04 Å². The molecular formula is C21H30N4O4S. The number of benzene rings is 1. The number of nitrogens with one attached hydrogen (secondary N) is 1. The van der Waals surface area contributed by atoms with Crippen molar-refractivity contribution < 1.29 is 17.7 Å². The van der Waals surface area contributed by atoms with Crippen LogP contribution in [-0.2, 0) is 14.8 Å². The summed E-state index contributed by atoms with van der Waals surface area (Å²) in [7, 11) is -3.79. The molecule has 1 saturated heterocycles. The zero-order chi connectivity index (χ0) is 21.9. The number of aryl methyl sites for hydroxylation is 2. The fourth-order valence-corrected chi connectivity index (χ4v) is 4.89. The normalized spacial score (nSPS) is 16.8. The monoisotopic (exact) mass is 434 g/mol. The first-order chi connectivity index (χ1) is 14.2. The predicted octanol–water partition coefficient (Wildman–Crippen LogP) is 2.79. The second-order valence-electron chi connectivity index (χ2n) is 8.40. The first kappa shape index (κ1) is 22.4. The van der Waals surface area contributed by atoms with Crippen LogP contribution in [0.5, 0.6) is 0 Å². The topological polar surface area (TPSA) is 105 Å². The van der Waals surface area contributed by atoms with Crippen LogP contribution in [-0.4, -0.2) is 48.5 Å². The molecule has 0 aliphatic carbocycles. The molecule has 1 fully saturated rings. The Bertz CT molecular complexity index is 961. The zero-order valence-corrected chi connectivity index (χ0v) is 18.8. The number of aromatic nitrogens is 2. The van der Waals surface area contributed by atoms with Crippen LogP contribution in [0.1, 0.15) is 56.3 Å². The van der Waals surface area contributed by atoms with Crippen LogP contribution in [0.2, 0.25) is 0 Å². The Morgan fingerprint density at radius 2 is 1.83 bits per heavy atom. The van der Waals surface area contributed by atoms with Crippen molar-refractivity contribution in [3.05, 3.63) is 41.5 Å². The first-order valence-electron chi connectivity index (χ1n) is 10.3. The fraction of sp³-hybridized carbons (Fsp3) is 0.571. The van der Waals surface area contributed by atoms with Crippen LogP contribution >= 0.6 is 0 Å². The lowest BCUT2D eigenvalue weighted by atomic mass is 9.95. The summed E-state index contributed by atoms with van der Waals surface area (Å²) in [6.45, 7) is 8.70. The van der Waals surface area contributed by atoms with E-state index in [2.05, 4.69) is 14.9 Å². The minimum Gasteiger partial charge on any atom is -0.341 e. The smallest absolute Gasteiger partial charge is 0.241 e. The maximum absolute atomic E-state index is 13.2. The number of hydrogen-bond donors (Lipinski definition) is 1. The summed E-state index contributed by atoms with van der Waals surface area (Å²) in [5.41, 5.74) is 0.975. The van der Waals surface area contributed by atoms with Crippen LogP contribution < -0.4 is 4.72 Å².